The molecule has 0 radical (unpaired) electrons. The maximum Gasteiger partial charge on any atom is 0.292 e. The number of hydrogen-bond acceptors (Lipinski definition) is 3. The minimum atomic E-state index is -0.579. The van der Waals surface area contributed by atoms with E-state index in [-0.39, 0.29) is 29.8 Å². The number of likely N-dealkylation sites (tertiary alicyclic amines) is 2. The van der Waals surface area contributed by atoms with Crippen LogP contribution in [-0.2, 0) is 14.4 Å². The quantitative estimate of drug-likeness (QED) is 0.530. The zero-order valence-corrected chi connectivity index (χ0v) is 16.6. The lowest BCUT2D eigenvalue weighted by molar-refractivity contribution is -0.978. The number of benzene rings is 1. The second kappa shape index (κ2) is 7.84. The Balaban J connectivity index is 1.48. The summed E-state index contributed by atoms with van der Waals surface area (Å²) in [6, 6.07) is 5.33. The van der Waals surface area contributed by atoms with Gasteiger partial charge >= 0.3 is 0 Å². The van der Waals surface area contributed by atoms with E-state index in [0.29, 0.717) is 25.9 Å². The number of rotatable bonds is 4. The van der Waals surface area contributed by atoms with Gasteiger partial charge in [0.05, 0.1) is 51.1 Å². The Morgan fingerprint density at radius 1 is 1.07 bits per heavy atom. The number of quaternary nitrogens is 2. The molecule has 1 aromatic rings. The molecule has 0 unspecified atom stereocenters. The number of nitrogens with zero attached hydrogens (tertiary/aromatic N) is 1. The van der Waals surface area contributed by atoms with Crippen molar-refractivity contribution >= 4 is 23.4 Å². The smallest absolute Gasteiger partial charge is 0.292 e. The van der Waals surface area contributed by atoms with Crippen molar-refractivity contribution in [1.29, 1.82) is 0 Å². The Labute approximate surface area is 169 Å². The van der Waals surface area contributed by atoms with E-state index in [1.54, 1.807) is 6.07 Å². The number of primary amides is 1. The summed E-state index contributed by atoms with van der Waals surface area (Å²) in [5.74, 6) is -1.56. The Hall–Kier alpha value is -2.32. The Morgan fingerprint density at radius 3 is 2.34 bits per heavy atom. The van der Waals surface area contributed by atoms with Gasteiger partial charge in [-0.15, -0.1) is 0 Å². The largest absolute Gasteiger partial charge is 0.364 e. The van der Waals surface area contributed by atoms with Gasteiger partial charge in [0.15, 0.2) is 11.6 Å². The number of hydrogen-bond donors (Lipinski definition) is 3. The average molecular weight is 404 g/mol. The molecule has 3 aliphatic heterocycles. The Morgan fingerprint density at radius 2 is 1.72 bits per heavy atom. The fraction of sp³-hybridized carbons (Fsp3) is 0.571. The topological polar surface area (TPSA) is 89.3 Å². The van der Waals surface area contributed by atoms with Crippen molar-refractivity contribution in [3.05, 3.63) is 30.1 Å². The van der Waals surface area contributed by atoms with Gasteiger partial charge in [-0.05, 0) is 31.4 Å². The van der Waals surface area contributed by atoms with E-state index in [1.165, 1.54) is 29.5 Å². The van der Waals surface area contributed by atoms with Crippen LogP contribution in [0, 0.1) is 5.82 Å². The lowest BCUT2D eigenvalue weighted by Crippen LogP contribution is -3.27. The van der Waals surface area contributed by atoms with Gasteiger partial charge in [-0.2, -0.15) is 0 Å². The summed E-state index contributed by atoms with van der Waals surface area (Å²) in [5, 5.41) is 0. The average Bonchev–Trinajstić information content (AvgIpc) is 3.03. The van der Waals surface area contributed by atoms with Crippen LogP contribution in [0.1, 0.15) is 38.5 Å². The molecule has 3 amide bonds. The summed E-state index contributed by atoms with van der Waals surface area (Å²) in [5.41, 5.74) is 5.31. The molecule has 8 heteroatoms. The van der Waals surface area contributed by atoms with E-state index in [4.69, 9.17) is 5.73 Å². The molecule has 3 aliphatic rings. The first-order chi connectivity index (χ1) is 13.9. The zero-order valence-electron chi connectivity index (χ0n) is 16.6. The molecule has 3 heterocycles. The number of carbonyl (C=O) groups excluding carboxylic acids is 3. The lowest BCUT2D eigenvalue weighted by Gasteiger charge is -2.44. The van der Waals surface area contributed by atoms with Gasteiger partial charge in [0.2, 0.25) is 5.91 Å². The third kappa shape index (κ3) is 3.44. The number of amides is 3. The SMILES string of the molecule is NC(=O)C1([NH+]2CCCCC2)CC[NH+]([C@H]2CC(=O)N(c3ccccc3F)C2=O)CC1. The summed E-state index contributed by atoms with van der Waals surface area (Å²) in [4.78, 5) is 41.2. The van der Waals surface area contributed by atoms with E-state index in [9.17, 15) is 18.8 Å². The second-order valence-corrected chi connectivity index (χ2v) is 8.54. The number of halogens is 1. The van der Waals surface area contributed by atoms with E-state index < -0.39 is 17.4 Å². The van der Waals surface area contributed by atoms with Crippen LogP contribution < -0.4 is 20.4 Å². The fourth-order valence-corrected chi connectivity index (χ4v) is 5.41. The molecule has 3 saturated heterocycles. The summed E-state index contributed by atoms with van der Waals surface area (Å²) in [6.07, 6.45) is 4.71. The van der Waals surface area contributed by atoms with E-state index >= 15 is 0 Å². The summed E-state index contributed by atoms with van der Waals surface area (Å²) in [7, 11) is 0. The summed E-state index contributed by atoms with van der Waals surface area (Å²) >= 11 is 0. The zero-order chi connectivity index (χ0) is 20.6. The lowest BCUT2D eigenvalue weighted by atomic mass is 9.83. The molecule has 0 aliphatic carbocycles. The molecular formula is C21H29FN4O3+2. The van der Waals surface area contributed by atoms with Crippen LogP contribution in [0.15, 0.2) is 24.3 Å². The molecule has 0 aromatic heterocycles. The summed E-state index contributed by atoms with van der Waals surface area (Å²) < 4.78 is 14.1. The van der Waals surface area contributed by atoms with Crippen LogP contribution in [0.2, 0.25) is 0 Å². The first-order valence-electron chi connectivity index (χ1n) is 10.5. The van der Waals surface area contributed by atoms with Gasteiger partial charge in [0.1, 0.15) is 5.82 Å². The maximum absolute atomic E-state index is 14.1. The maximum atomic E-state index is 14.1. The van der Waals surface area contributed by atoms with Crippen LogP contribution in [0.25, 0.3) is 0 Å². The second-order valence-electron chi connectivity index (χ2n) is 8.54. The third-order valence-electron chi connectivity index (χ3n) is 7.08. The van der Waals surface area contributed by atoms with Gasteiger partial charge in [-0.25, -0.2) is 9.29 Å². The minimum absolute atomic E-state index is 0.0191. The molecule has 156 valence electrons. The number of nitrogens with one attached hydrogen (secondary N) is 2. The molecule has 4 rings (SSSR count). The van der Waals surface area contributed by atoms with Crippen molar-refractivity contribution in [2.75, 3.05) is 31.1 Å². The van der Waals surface area contributed by atoms with Crippen LogP contribution in [0.3, 0.4) is 0 Å². The number of imide groups is 1. The minimum Gasteiger partial charge on any atom is -0.364 e. The van der Waals surface area contributed by atoms with E-state index in [2.05, 4.69) is 0 Å². The van der Waals surface area contributed by atoms with Crippen molar-refractivity contribution < 1.29 is 28.6 Å². The molecular weight excluding hydrogens is 375 g/mol. The van der Waals surface area contributed by atoms with Gasteiger partial charge in [-0.3, -0.25) is 14.4 Å². The van der Waals surface area contributed by atoms with Crippen molar-refractivity contribution in [3.63, 3.8) is 0 Å². The summed E-state index contributed by atoms with van der Waals surface area (Å²) in [6.45, 7) is 3.14. The molecule has 29 heavy (non-hydrogen) atoms. The fourth-order valence-electron chi connectivity index (χ4n) is 5.41. The van der Waals surface area contributed by atoms with Gasteiger partial charge in [-0.1, -0.05) is 12.1 Å². The molecule has 0 saturated carbocycles. The van der Waals surface area contributed by atoms with Crippen LogP contribution >= 0.6 is 0 Å². The first-order valence-corrected chi connectivity index (χ1v) is 10.5. The number of carbonyl (C=O) groups is 3. The van der Waals surface area contributed by atoms with Gasteiger partial charge in [0, 0.05) is 0 Å². The Kier molecular flexibility index (Phi) is 5.40. The van der Waals surface area contributed by atoms with E-state index in [0.717, 1.165) is 35.7 Å². The van der Waals surface area contributed by atoms with Crippen molar-refractivity contribution in [2.45, 2.75) is 50.1 Å². The van der Waals surface area contributed by atoms with Gasteiger partial charge in [0.25, 0.3) is 11.8 Å². The molecule has 3 fully saturated rings. The van der Waals surface area contributed by atoms with Crippen molar-refractivity contribution in [1.82, 2.24) is 0 Å². The highest BCUT2D eigenvalue weighted by Gasteiger charge is 2.54. The highest BCUT2D eigenvalue weighted by atomic mass is 19.1. The standard InChI is InChI=1S/C21H27FN4O3/c22-15-6-2-3-7-16(15)26-18(27)14-17(19(26)28)24-12-8-21(9-13-24,20(23)29)25-10-4-1-5-11-25/h2-3,6-7,17H,1,4-5,8-14H2,(H2,23,29)/p+2/t17-/m0/s1. The van der Waals surface area contributed by atoms with Crippen molar-refractivity contribution in [3.8, 4) is 0 Å². The predicted molar refractivity (Wildman–Crippen MR) is 104 cm³/mol. The monoisotopic (exact) mass is 404 g/mol. The Bertz CT molecular complexity index is 816. The molecule has 7 nitrogen and oxygen atoms in total. The predicted octanol–water partition coefficient (Wildman–Crippen LogP) is -1.57. The van der Waals surface area contributed by atoms with Gasteiger partial charge < -0.3 is 15.5 Å². The highest BCUT2D eigenvalue weighted by Crippen LogP contribution is 2.25. The molecule has 0 bridgehead atoms. The number of piperidine rings is 2. The number of para-hydroxylation sites is 1. The number of nitrogens with two attached hydrogens (primary N) is 1. The van der Waals surface area contributed by atoms with Crippen LogP contribution in [-0.4, -0.2) is 55.5 Å². The molecule has 1 atom stereocenters. The molecule has 1 aromatic carbocycles. The normalized spacial score (nSPS) is 31.3. The third-order valence-corrected chi connectivity index (χ3v) is 7.08. The molecule has 0 spiro atoms. The van der Waals surface area contributed by atoms with Crippen LogP contribution in [0.4, 0.5) is 10.1 Å². The highest BCUT2D eigenvalue weighted by molar-refractivity contribution is 6.21. The first kappa shape index (κ1) is 20.0. The molecule has 4 N–H and O–H groups in total. The van der Waals surface area contributed by atoms with Crippen LogP contribution in [0.5, 0.6) is 0 Å². The number of anilines is 1. The van der Waals surface area contributed by atoms with Crippen molar-refractivity contribution in [2.24, 2.45) is 5.73 Å². The van der Waals surface area contributed by atoms with E-state index in [1.807, 2.05) is 0 Å².